The van der Waals surface area contributed by atoms with Crippen LogP contribution in [0.25, 0.3) is 0 Å². The first-order chi connectivity index (χ1) is 8.04. The minimum absolute atomic E-state index is 0.327. The van der Waals surface area contributed by atoms with E-state index < -0.39 is 10.0 Å². The summed E-state index contributed by atoms with van der Waals surface area (Å²) in [6, 6.07) is 3.18. The summed E-state index contributed by atoms with van der Waals surface area (Å²) in [5, 5.41) is 0. The minimum atomic E-state index is -3.35. The van der Waals surface area contributed by atoms with Gasteiger partial charge in [0.15, 0.2) is 0 Å². The van der Waals surface area contributed by atoms with Crippen LogP contribution in [-0.4, -0.2) is 32.4 Å². The van der Waals surface area contributed by atoms with Gasteiger partial charge in [0.05, 0.1) is 4.34 Å². The SMILES string of the molecule is NCC1CCN(S(=O)(=O)c2ccc(Cl)s2)CC1. The Labute approximate surface area is 110 Å². The molecule has 4 nitrogen and oxygen atoms in total. The topological polar surface area (TPSA) is 63.4 Å². The highest BCUT2D eigenvalue weighted by atomic mass is 35.5. The van der Waals surface area contributed by atoms with Gasteiger partial charge >= 0.3 is 0 Å². The third-order valence-electron chi connectivity index (χ3n) is 3.05. The molecule has 1 saturated heterocycles. The molecule has 7 heteroatoms. The van der Waals surface area contributed by atoms with Gasteiger partial charge in [-0.3, -0.25) is 0 Å². The Kier molecular flexibility index (Phi) is 4.10. The lowest BCUT2D eigenvalue weighted by atomic mass is 9.99. The normalized spacial score (nSPS) is 19.6. The van der Waals surface area contributed by atoms with Gasteiger partial charge < -0.3 is 5.73 Å². The minimum Gasteiger partial charge on any atom is -0.330 e. The van der Waals surface area contributed by atoms with Gasteiger partial charge in [-0.1, -0.05) is 11.6 Å². The number of halogens is 1. The van der Waals surface area contributed by atoms with Crippen LogP contribution in [0.5, 0.6) is 0 Å². The molecule has 17 heavy (non-hydrogen) atoms. The van der Waals surface area contributed by atoms with Crippen LogP contribution >= 0.6 is 22.9 Å². The van der Waals surface area contributed by atoms with Crippen molar-refractivity contribution < 1.29 is 8.42 Å². The number of sulfonamides is 1. The maximum Gasteiger partial charge on any atom is 0.252 e. The second-order valence-electron chi connectivity index (χ2n) is 4.14. The van der Waals surface area contributed by atoms with Crippen molar-refractivity contribution in [2.45, 2.75) is 17.1 Å². The number of nitrogens with zero attached hydrogens (tertiary/aromatic N) is 1. The number of thiophene rings is 1. The lowest BCUT2D eigenvalue weighted by molar-refractivity contribution is 0.279. The molecule has 1 aromatic rings. The summed E-state index contributed by atoms with van der Waals surface area (Å²) >= 11 is 6.88. The molecule has 0 bridgehead atoms. The molecule has 0 saturated carbocycles. The van der Waals surface area contributed by atoms with E-state index in [1.165, 1.54) is 4.31 Å². The fraction of sp³-hybridized carbons (Fsp3) is 0.600. The molecule has 2 heterocycles. The summed E-state index contributed by atoms with van der Waals surface area (Å²) in [6.07, 6.45) is 1.68. The second-order valence-corrected chi connectivity index (χ2v) is 8.02. The highest BCUT2D eigenvalue weighted by molar-refractivity contribution is 7.91. The lowest BCUT2D eigenvalue weighted by Gasteiger charge is -2.30. The Morgan fingerprint density at radius 1 is 1.41 bits per heavy atom. The number of hydrogen-bond acceptors (Lipinski definition) is 4. The molecule has 1 fully saturated rings. The summed E-state index contributed by atoms with van der Waals surface area (Å²) in [5.41, 5.74) is 5.59. The maximum absolute atomic E-state index is 12.2. The average molecular weight is 295 g/mol. The zero-order chi connectivity index (χ0) is 12.5. The number of nitrogens with two attached hydrogens (primary N) is 1. The third kappa shape index (κ3) is 2.82. The molecule has 0 amide bonds. The molecular weight excluding hydrogens is 280 g/mol. The summed E-state index contributed by atoms with van der Waals surface area (Å²) in [6.45, 7) is 1.75. The summed E-state index contributed by atoms with van der Waals surface area (Å²) in [5.74, 6) is 0.452. The van der Waals surface area contributed by atoms with Crippen molar-refractivity contribution in [1.82, 2.24) is 4.31 Å². The van der Waals surface area contributed by atoms with Crippen molar-refractivity contribution in [1.29, 1.82) is 0 Å². The monoisotopic (exact) mass is 294 g/mol. The Bertz CT molecular complexity index is 478. The zero-order valence-electron chi connectivity index (χ0n) is 9.30. The van der Waals surface area contributed by atoms with Gasteiger partial charge in [-0.2, -0.15) is 4.31 Å². The number of piperidine rings is 1. The molecule has 96 valence electrons. The first-order valence-corrected chi connectivity index (χ1v) is 8.13. The van der Waals surface area contributed by atoms with Crippen molar-refractivity contribution in [3.05, 3.63) is 16.5 Å². The van der Waals surface area contributed by atoms with Gasteiger partial charge in [0.2, 0.25) is 0 Å². The van der Waals surface area contributed by atoms with Crippen molar-refractivity contribution in [2.75, 3.05) is 19.6 Å². The fourth-order valence-corrected chi connectivity index (χ4v) is 5.06. The Morgan fingerprint density at radius 3 is 2.53 bits per heavy atom. The van der Waals surface area contributed by atoms with E-state index in [2.05, 4.69) is 0 Å². The van der Waals surface area contributed by atoms with Gasteiger partial charge in [0, 0.05) is 13.1 Å². The van der Waals surface area contributed by atoms with Crippen LogP contribution in [0.4, 0.5) is 0 Å². The lowest BCUT2D eigenvalue weighted by Crippen LogP contribution is -2.39. The molecule has 0 atom stereocenters. The standard InChI is InChI=1S/C10H15ClN2O2S2/c11-9-1-2-10(16-9)17(14,15)13-5-3-8(7-12)4-6-13/h1-2,8H,3-7,12H2. The smallest absolute Gasteiger partial charge is 0.252 e. The summed E-state index contributed by atoms with van der Waals surface area (Å²) in [7, 11) is -3.35. The average Bonchev–Trinajstić information content (AvgIpc) is 2.77. The molecule has 0 aromatic carbocycles. The van der Waals surface area contributed by atoms with Gasteiger partial charge in [-0.05, 0) is 37.4 Å². The third-order valence-corrected chi connectivity index (χ3v) is 6.65. The quantitative estimate of drug-likeness (QED) is 0.924. The van der Waals surface area contributed by atoms with Crippen molar-refractivity contribution in [2.24, 2.45) is 11.7 Å². The highest BCUT2D eigenvalue weighted by Gasteiger charge is 2.29. The first-order valence-electron chi connectivity index (χ1n) is 5.49. The van der Waals surface area contributed by atoms with Gasteiger partial charge in [0.25, 0.3) is 10.0 Å². The van der Waals surface area contributed by atoms with E-state index in [0.29, 0.717) is 34.1 Å². The second kappa shape index (κ2) is 5.24. The Morgan fingerprint density at radius 2 is 2.06 bits per heavy atom. The van der Waals surface area contributed by atoms with Crippen LogP contribution in [0.15, 0.2) is 16.3 Å². The Balaban J connectivity index is 2.12. The van der Waals surface area contributed by atoms with Crippen molar-refractivity contribution in [3.63, 3.8) is 0 Å². The van der Waals surface area contributed by atoms with Crippen LogP contribution in [-0.2, 0) is 10.0 Å². The number of rotatable bonds is 3. The highest BCUT2D eigenvalue weighted by Crippen LogP contribution is 2.30. The molecule has 0 radical (unpaired) electrons. The van der Waals surface area contributed by atoms with E-state index in [9.17, 15) is 8.42 Å². The van der Waals surface area contributed by atoms with Crippen LogP contribution in [0.2, 0.25) is 4.34 Å². The van der Waals surface area contributed by atoms with E-state index in [1.54, 1.807) is 12.1 Å². The molecule has 1 aromatic heterocycles. The maximum atomic E-state index is 12.2. The van der Waals surface area contributed by atoms with Gasteiger partial charge in [-0.15, -0.1) is 11.3 Å². The van der Waals surface area contributed by atoms with E-state index in [0.717, 1.165) is 24.2 Å². The van der Waals surface area contributed by atoms with Crippen LogP contribution in [0.1, 0.15) is 12.8 Å². The van der Waals surface area contributed by atoms with Crippen molar-refractivity contribution >= 4 is 33.0 Å². The van der Waals surface area contributed by atoms with Crippen LogP contribution in [0, 0.1) is 5.92 Å². The molecule has 0 spiro atoms. The molecule has 2 rings (SSSR count). The predicted molar refractivity (Wildman–Crippen MR) is 69.9 cm³/mol. The summed E-state index contributed by atoms with van der Waals surface area (Å²) < 4.78 is 26.8. The summed E-state index contributed by atoms with van der Waals surface area (Å²) in [4.78, 5) is 0. The predicted octanol–water partition coefficient (Wildman–Crippen LogP) is 1.76. The molecular formula is C10H15ClN2O2S2. The molecule has 1 aliphatic rings. The first kappa shape index (κ1) is 13.3. The number of hydrogen-bond donors (Lipinski definition) is 1. The Hall–Kier alpha value is -0.140. The van der Waals surface area contributed by atoms with E-state index in [1.807, 2.05) is 0 Å². The fourth-order valence-electron chi connectivity index (χ4n) is 1.95. The molecule has 1 aliphatic heterocycles. The molecule has 2 N–H and O–H groups in total. The van der Waals surface area contributed by atoms with Gasteiger partial charge in [0.1, 0.15) is 4.21 Å². The van der Waals surface area contributed by atoms with E-state index in [-0.39, 0.29) is 0 Å². The molecule has 0 unspecified atom stereocenters. The zero-order valence-corrected chi connectivity index (χ0v) is 11.7. The molecule has 0 aliphatic carbocycles. The van der Waals surface area contributed by atoms with Crippen LogP contribution < -0.4 is 5.73 Å². The largest absolute Gasteiger partial charge is 0.330 e. The van der Waals surface area contributed by atoms with Crippen molar-refractivity contribution in [3.8, 4) is 0 Å². The van der Waals surface area contributed by atoms with E-state index in [4.69, 9.17) is 17.3 Å². The van der Waals surface area contributed by atoms with Crippen LogP contribution in [0.3, 0.4) is 0 Å². The van der Waals surface area contributed by atoms with E-state index >= 15 is 0 Å². The van der Waals surface area contributed by atoms with Gasteiger partial charge in [-0.25, -0.2) is 8.42 Å².